The second-order valence-corrected chi connectivity index (χ2v) is 13.5. The number of fused-ring (bicyclic) bond motifs is 5. The van der Waals surface area contributed by atoms with Crippen LogP contribution in [0.15, 0.2) is 0 Å². The summed E-state index contributed by atoms with van der Waals surface area (Å²) in [6.45, 7) is 15.4. The Morgan fingerprint density at radius 2 is 1.55 bits per heavy atom. The van der Waals surface area contributed by atoms with Gasteiger partial charge in [0.2, 0.25) is 0 Å². The lowest BCUT2D eigenvalue weighted by Crippen LogP contribution is -2.54. The number of hydrogen-bond acceptors (Lipinski definition) is 1. The summed E-state index contributed by atoms with van der Waals surface area (Å²) in [5.74, 6) is 7.65. The van der Waals surface area contributed by atoms with Crippen LogP contribution < -0.4 is 0 Å². The normalized spacial score (nSPS) is 46.8. The van der Waals surface area contributed by atoms with Gasteiger partial charge in [0, 0.05) is 7.11 Å². The van der Waals surface area contributed by atoms with E-state index in [0.717, 1.165) is 47.3 Å². The molecule has 4 aliphatic carbocycles. The Hall–Kier alpha value is -0.0400. The van der Waals surface area contributed by atoms with Crippen LogP contribution in [0.25, 0.3) is 0 Å². The quantitative estimate of drug-likeness (QED) is 0.392. The Kier molecular flexibility index (Phi) is 7.23. The van der Waals surface area contributed by atoms with E-state index in [-0.39, 0.29) is 0 Å². The molecule has 180 valence electrons. The third-order valence-corrected chi connectivity index (χ3v) is 12.2. The highest BCUT2D eigenvalue weighted by molar-refractivity contribution is 5.09. The van der Waals surface area contributed by atoms with Gasteiger partial charge in [0.05, 0.1) is 6.10 Å². The van der Waals surface area contributed by atoms with E-state index in [1.54, 1.807) is 0 Å². The second kappa shape index (κ2) is 9.31. The van der Waals surface area contributed by atoms with Gasteiger partial charge in [-0.25, -0.2) is 0 Å². The molecule has 4 aliphatic rings. The lowest BCUT2D eigenvalue weighted by Gasteiger charge is -2.61. The molecule has 31 heavy (non-hydrogen) atoms. The van der Waals surface area contributed by atoms with E-state index in [0.29, 0.717) is 16.9 Å². The van der Waals surface area contributed by atoms with Crippen LogP contribution in [0.4, 0.5) is 0 Å². The first-order valence-corrected chi connectivity index (χ1v) is 14.3. The van der Waals surface area contributed by atoms with E-state index < -0.39 is 0 Å². The molecular formula is C30H54O. The Morgan fingerprint density at radius 1 is 0.839 bits per heavy atom. The van der Waals surface area contributed by atoms with Crippen LogP contribution in [0.2, 0.25) is 0 Å². The fourth-order valence-corrected chi connectivity index (χ4v) is 10.1. The van der Waals surface area contributed by atoms with E-state index >= 15 is 0 Å². The predicted molar refractivity (Wildman–Crippen MR) is 133 cm³/mol. The van der Waals surface area contributed by atoms with Gasteiger partial charge in [0.15, 0.2) is 0 Å². The predicted octanol–water partition coefficient (Wildman–Crippen LogP) is 8.76. The van der Waals surface area contributed by atoms with E-state index in [9.17, 15) is 0 Å². The van der Waals surface area contributed by atoms with Gasteiger partial charge in [-0.05, 0) is 122 Å². The van der Waals surface area contributed by atoms with Crippen molar-refractivity contribution in [2.75, 3.05) is 7.11 Å². The van der Waals surface area contributed by atoms with Crippen molar-refractivity contribution in [3.8, 4) is 0 Å². The summed E-state index contributed by atoms with van der Waals surface area (Å²) in [5.41, 5.74) is 1.24. The minimum absolute atomic E-state index is 0.540. The van der Waals surface area contributed by atoms with E-state index in [1.807, 2.05) is 7.11 Å². The number of rotatable bonds is 7. The van der Waals surface area contributed by atoms with Gasteiger partial charge in [0.25, 0.3) is 0 Å². The van der Waals surface area contributed by atoms with Gasteiger partial charge in [-0.2, -0.15) is 0 Å². The van der Waals surface area contributed by atoms with Crippen molar-refractivity contribution in [1.82, 2.24) is 0 Å². The van der Waals surface area contributed by atoms with Gasteiger partial charge >= 0.3 is 0 Å². The molecule has 10 atom stereocenters. The largest absolute Gasteiger partial charge is 0.381 e. The first-order valence-electron chi connectivity index (χ1n) is 14.3. The fourth-order valence-electron chi connectivity index (χ4n) is 10.1. The molecule has 0 heterocycles. The molecule has 0 aromatic carbocycles. The molecule has 0 bridgehead atoms. The summed E-state index contributed by atoms with van der Waals surface area (Å²) < 4.78 is 5.81. The first-order chi connectivity index (χ1) is 14.7. The van der Waals surface area contributed by atoms with Gasteiger partial charge in [-0.3, -0.25) is 0 Å². The SMILES string of the molecule is CC[C@H](CC[C@@H](C)[C@H]1CC[C@H]2[C@@H]3CCC4CC(OC)CC[C@]4(C)[C@H]3CC[C@]12C)C(C)C. The van der Waals surface area contributed by atoms with Crippen LogP contribution in [0.1, 0.15) is 119 Å². The summed E-state index contributed by atoms with van der Waals surface area (Å²) in [4.78, 5) is 0. The van der Waals surface area contributed by atoms with Crippen LogP contribution in [0.3, 0.4) is 0 Å². The van der Waals surface area contributed by atoms with Crippen molar-refractivity contribution in [1.29, 1.82) is 0 Å². The molecule has 1 heteroatoms. The molecule has 0 aromatic rings. The monoisotopic (exact) mass is 430 g/mol. The van der Waals surface area contributed by atoms with Crippen molar-refractivity contribution in [2.24, 2.45) is 58.2 Å². The maximum atomic E-state index is 5.81. The second-order valence-electron chi connectivity index (χ2n) is 13.5. The van der Waals surface area contributed by atoms with Crippen molar-refractivity contribution in [2.45, 2.75) is 125 Å². The highest BCUT2D eigenvalue weighted by Crippen LogP contribution is 2.68. The van der Waals surface area contributed by atoms with Gasteiger partial charge < -0.3 is 4.74 Å². The molecule has 0 N–H and O–H groups in total. The Balaban J connectivity index is 1.44. The third kappa shape index (κ3) is 4.17. The maximum Gasteiger partial charge on any atom is 0.0574 e. The molecule has 0 saturated heterocycles. The van der Waals surface area contributed by atoms with Crippen LogP contribution in [0, 0.1) is 58.2 Å². The van der Waals surface area contributed by atoms with E-state index in [2.05, 4.69) is 41.5 Å². The van der Waals surface area contributed by atoms with Crippen molar-refractivity contribution < 1.29 is 4.74 Å². The average Bonchev–Trinajstić information content (AvgIpc) is 3.10. The molecule has 0 amide bonds. The Labute approximate surface area is 194 Å². The lowest BCUT2D eigenvalue weighted by molar-refractivity contribution is -0.133. The van der Waals surface area contributed by atoms with Gasteiger partial charge in [-0.15, -0.1) is 0 Å². The van der Waals surface area contributed by atoms with Crippen LogP contribution >= 0.6 is 0 Å². The summed E-state index contributed by atoms with van der Waals surface area (Å²) in [6.07, 6.45) is 18.0. The zero-order chi connectivity index (χ0) is 22.4. The standard InChI is InChI=1S/C30H54O/c1-8-22(20(2)3)10-9-21(4)26-13-14-27-25-12-11-23-19-24(31-7)15-17-29(23,5)28(25)16-18-30(26,27)6/h20-28H,8-19H2,1-7H3/t21-,22-,23?,24?,25+,26-,27+,28+,29+,30-/m1/s1. The van der Waals surface area contributed by atoms with Crippen molar-refractivity contribution in [3.63, 3.8) is 0 Å². The van der Waals surface area contributed by atoms with Crippen molar-refractivity contribution in [3.05, 3.63) is 0 Å². The highest BCUT2D eigenvalue weighted by atomic mass is 16.5. The number of hydrogen-bond donors (Lipinski definition) is 0. The summed E-state index contributed by atoms with van der Waals surface area (Å²) in [7, 11) is 1.94. The summed E-state index contributed by atoms with van der Waals surface area (Å²) >= 11 is 0. The zero-order valence-electron chi connectivity index (χ0n) is 22.1. The first kappa shape index (κ1) is 24.1. The van der Waals surface area contributed by atoms with Gasteiger partial charge in [0.1, 0.15) is 0 Å². The van der Waals surface area contributed by atoms with Crippen LogP contribution in [-0.2, 0) is 4.74 Å². The Morgan fingerprint density at radius 3 is 2.23 bits per heavy atom. The van der Waals surface area contributed by atoms with E-state index in [1.165, 1.54) is 77.0 Å². The average molecular weight is 431 g/mol. The van der Waals surface area contributed by atoms with Crippen LogP contribution in [0.5, 0.6) is 0 Å². The third-order valence-electron chi connectivity index (χ3n) is 12.2. The molecule has 2 unspecified atom stereocenters. The number of ether oxygens (including phenoxy) is 1. The highest BCUT2D eigenvalue weighted by Gasteiger charge is 2.60. The topological polar surface area (TPSA) is 9.23 Å². The molecule has 0 aliphatic heterocycles. The molecule has 4 fully saturated rings. The molecule has 4 rings (SSSR count). The molecular weight excluding hydrogens is 376 g/mol. The lowest BCUT2D eigenvalue weighted by atomic mass is 9.44. The van der Waals surface area contributed by atoms with Gasteiger partial charge in [-0.1, -0.05) is 54.4 Å². The smallest absolute Gasteiger partial charge is 0.0574 e. The van der Waals surface area contributed by atoms with E-state index in [4.69, 9.17) is 4.74 Å². The zero-order valence-corrected chi connectivity index (χ0v) is 22.1. The molecule has 1 nitrogen and oxygen atoms in total. The molecule has 0 spiro atoms. The minimum atomic E-state index is 0.540. The number of methoxy groups -OCH3 is 1. The van der Waals surface area contributed by atoms with Crippen molar-refractivity contribution >= 4 is 0 Å². The van der Waals surface area contributed by atoms with Crippen LogP contribution in [-0.4, -0.2) is 13.2 Å². The Bertz CT molecular complexity index is 597. The maximum absolute atomic E-state index is 5.81. The fraction of sp³-hybridized carbons (Fsp3) is 1.00. The molecule has 4 saturated carbocycles. The molecule has 0 aromatic heterocycles. The summed E-state index contributed by atoms with van der Waals surface area (Å²) in [6, 6.07) is 0. The molecule has 0 radical (unpaired) electrons. The minimum Gasteiger partial charge on any atom is -0.381 e. The summed E-state index contributed by atoms with van der Waals surface area (Å²) in [5, 5.41) is 0.